The number of halogens is 1. The van der Waals surface area contributed by atoms with E-state index < -0.39 is 39.3 Å². The Bertz CT molecular complexity index is 976. The molecule has 1 N–H and O–H groups in total. The SMILES string of the molecule is COC(=O)N1[C@H](C)C[C@H](NS(=O)(=O)C(C)C)[C@@H]1CO[C@H]1CC[C@@]2(c3ncc(F)cn3)C[C@H]2C1. The van der Waals surface area contributed by atoms with Crippen LogP contribution in [0.3, 0.4) is 0 Å². The van der Waals surface area contributed by atoms with Gasteiger partial charge in [0.25, 0.3) is 0 Å². The molecule has 1 aromatic rings. The predicted molar refractivity (Wildman–Crippen MR) is 118 cm³/mol. The number of ether oxygens (including phenoxy) is 2. The van der Waals surface area contributed by atoms with Crippen LogP contribution in [0.2, 0.25) is 0 Å². The lowest BCUT2D eigenvalue weighted by molar-refractivity contribution is -0.0103. The van der Waals surface area contributed by atoms with Crippen LogP contribution >= 0.6 is 0 Å². The molecule has 2 heterocycles. The number of nitrogens with zero attached hydrogens (tertiary/aromatic N) is 3. The third-order valence-corrected chi connectivity index (χ3v) is 9.35. The molecule has 1 aromatic heterocycles. The van der Waals surface area contributed by atoms with E-state index in [0.29, 0.717) is 18.2 Å². The summed E-state index contributed by atoms with van der Waals surface area (Å²) in [7, 11) is -2.18. The van der Waals surface area contributed by atoms with Gasteiger partial charge in [0, 0.05) is 17.5 Å². The van der Waals surface area contributed by atoms with Gasteiger partial charge in [-0.1, -0.05) is 0 Å². The van der Waals surface area contributed by atoms with E-state index in [-0.39, 0.29) is 24.2 Å². The zero-order valence-electron chi connectivity index (χ0n) is 19.5. The highest BCUT2D eigenvalue weighted by Crippen LogP contribution is 2.61. The summed E-state index contributed by atoms with van der Waals surface area (Å²) in [6, 6.07) is -1.07. The molecule has 3 aliphatic rings. The van der Waals surface area contributed by atoms with Crippen LogP contribution < -0.4 is 4.72 Å². The van der Waals surface area contributed by atoms with Crippen LogP contribution in [-0.4, -0.2) is 72.6 Å². The van der Waals surface area contributed by atoms with Gasteiger partial charge in [-0.05, 0) is 58.8 Å². The van der Waals surface area contributed by atoms with Crippen LogP contribution in [0.1, 0.15) is 58.7 Å². The summed E-state index contributed by atoms with van der Waals surface area (Å²) in [4.78, 5) is 22.4. The molecular weight excluding hydrogens is 451 g/mol. The number of rotatable bonds is 7. The Balaban J connectivity index is 1.41. The van der Waals surface area contributed by atoms with Crippen LogP contribution in [-0.2, 0) is 24.9 Å². The van der Waals surface area contributed by atoms with Gasteiger partial charge in [-0.25, -0.2) is 32.3 Å². The minimum Gasteiger partial charge on any atom is -0.453 e. The maximum Gasteiger partial charge on any atom is 0.410 e. The second-order valence-electron chi connectivity index (χ2n) is 9.86. The lowest BCUT2D eigenvalue weighted by atomic mass is 9.86. The fourth-order valence-electron chi connectivity index (χ4n) is 5.44. The topological polar surface area (TPSA) is 111 Å². The smallest absolute Gasteiger partial charge is 0.410 e. The normalized spacial score (nSPS) is 33.8. The first kappa shape index (κ1) is 24.3. The molecule has 1 amide bonds. The highest BCUT2D eigenvalue weighted by atomic mass is 32.2. The number of amides is 1. The third kappa shape index (κ3) is 4.72. The maximum absolute atomic E-state index is 13.2. The zero-order chi connectivity index (χ0) is 24.0. The monoisotopic (exact) mass is 484 g/mol. The molecule has 4 rings (SSSR count). The summed E-state index contributed by atoms with van der Waals surface area (Å²) in [5.74, 6) is 0.654. The maximum atomic E-state index is 13.2. The minimum atomic E-state index is -3.51. The van der Waals surface area contributed by atoms with Gasteiger partial charge < -0.3 is 9.47 Å². The Morgan fingerprint density at radius 2 is 2.03 bits per heavy atom. The number of likely N-dealkylation sites (tertiary alicyclic amines) is 1. The molecule has 6 atom stereocenters. The molecule has 2 saturated carbocycles. The van der Waals surface area contributed by atoms with Crippen molar-refractivity contribution >= 4 is 16.1 Å². The van der Waals surface area contributed by atoms with Crippen molar-refractivity contribution in [1.29, 1.82) is 0 Å². The summed E-state index contributed by atoms with van der Waals surface area (Å²) in [6.45, 7) is 5.36. The fraction of sp³-hybridized carbons (Fsp3) is 0.773. The van der Waals surface area contributed by atoms with E-state index in [4.69, 9.17) is 9.47 Å². The van der Waals surface area contributed by atoms with Crippen molar-refractivity contribution in [1.82, 2.24) is 19.6 Å². The second-order valence-corrected chi connectivity index (χ2v) is 12.1. The number of sulfonamides is 1. The molecule has 0 bridgehead atoms. The highest BCUT2D eigenvalue weighted by Gasteiger charge is 2.60. The van der Waals surface area contributed by atoms with E-state index in [9.17, 15) is 17.6 Å². The van der Waals surface area contributed by atoms with E-state index in [1.807, 2.05) is 6.92 Å². The fourth-order valence-corrected chi connectivity index (χ4v) is 6.39. The van der Waals surface area contributed by atoms with Crippen LogP contribution in [0.5, 0.6) is 0 Å². The van der Waals surface area contributed by atoms with Gasteiger partial charge in [-0.15, -0.1) is 0 Å². The Labute approximate surface area is 194 Å². The number of carbonyl (C=O) groups is 1. The van der Waals surface area contributed by atoms with Crippen molar-refractivity contribution < 1.29 is 27.1 Å². The molecular formula is C22H33FN4O5S. The van der Waals surface area contributed by atoms with Gasteiger partial charge in [-0.2, -0.15) is 0 Å². The average molecular weight is 485 g/mol. The molecule has 0 radical (unpaired) electrons. The Kier molecular flexibility index (Phi) is 6.67. The Morgan fingerprint density at radius 1 is 1.33 bits per heavy atom. The summed E-state index contributed by atoms with van der Waals surface area (Å²) in [5, 5.41) is -0.573. The van der Waals surface area contributed by atoms with Crippen molar-refractivity contribution in [3.63, 3.8) is 0 Å². The summed E-state index contributed by atoms with van der Waals surface area (Å²) in [5.41, 5.74) is -0.0804. The first-order chi connectivity index (χ1) is 15.6. The second kappa shape index (κ2) is 9.07. The van der Waals surface area contributed by atoms with Crippen molar-refractivity contribution in [2.75, 3.05) is 13.7 Å². The van der Waals surface area contributed by atoms with E-state index >= 15 is 0 Å². The predicted octanol–water partition coefficient (Wildman–Crippen LogP) is 2.37. The van der Waals surface area contributed by atoms with Crippen molar-refractivity contribution in [3.05, 3.63) is 24.0 Å². The number of nitrogens with one attached hydrogen (secondary N) is 1. The molecule has 11 heteroatoms. The molecule has 1 saturated heterocycles. The quantitative estimate of drug-likeness (QED) is 0.633. The largest absolute Gasteiger partial charge is 0.453 e. The van der Waals surface area contributed by atoms with Crippen molar-refractivity contribution in [3.8, 4) is 0 Å². The lowest BCUT2D eigenvalue weighted by Crippen LogP contribution is -2.51. The van der Waals surface area contributed by atoms with Crippen molar-refractivity contribution in [2.45, 2.75) is 87.8 Å². The molecule has 0 aromatic carbocycles. The zero-order valence-corrected chi connectivity index (χ0v) is 20.3. The molecule has 3 fully saturated rings. The van der Waals surface area contributed by atoms with Crippen molar-refractivity contribution in [2.24, 2.45) is 5.92 Å². The summed E-state index contributed by atoms with van der Waals surface area (Å²) >= 11 is 0. The third-order valence-electron chi connectivity index (χ3n) is 7.47. The van der Waals surface area contributed by atoms with E-state index in [1.165, 1.54) is 19.5 Å². The molecule has 33 heavy (non-hydrogen) atoms. The number of hydrogen-bond acceptors (Lipinski definition) is 7. The van der Waals surface area contributed by atoms with Crippen LogP contribution in [0.15, 0.2) is 12.4 Å². The number of methoxy groups -OCH3 is 1. The highest BCUT2D eigenvalue weighted by molar-refractivity contribution is 7.90. The van der Waals surface area contributed by atoms with Crippen LogP contribution in [0.25, 0.3) is 0 Å². The molecule has 0 unspecified atom stereocenters. The lowest BCUT2D eigenvalue weighted by Gasteiger charge is -2.33. The average Bonchev–Trinajstić information content (AvgIpc) is 3.42. The van der Waals surface area contributed by atoms with Gasteiger partial charge in [-0.3, -0.25) is 4.90 Å². The Hall–Kier alpha value is -1.85. The molecule has 2 aliphatic carbocycles. The number of hydrogen-bond donors (Lipinski definition) is 1. The molecule has 1 aliphatic heterocycles. The molecule has 184 valence electrons. The standard InChI is InChI=1S/C22H33FN4O5S/c1-13(2)33(29,30)26-18-7-14(3)27(21(28)31-4)19(18)12-32-17-5-6-22(9-15(22)8-17)20-24-10-16(23)11-25-20/h10-11,13-15,17-19,26H,5-9,12H2,1-4H3/t14-,15-,17+,18+,19+,22-/m1/s1. The van der Waals surface area contributed by atoms with E-state index in [2.05, 4.69) is 14.7 Å². The van der Waals surface area contributed by atoms with Gasteiger partial charge >= 0.3 is 6.09 Å². The van der Waals surface area contributed by atoms with Gasteiger partial charge in [0.05, 0.1) is 43.5 Å². The van der Waals surface area contributed by atoms with Gasteiger partial charge in [0.1, 0.15) is 5.82 Å². The minimum absolute atomic E-state index is 0.00355. The number of fused-ring (bicyclic) bond motifs is 1. The number of carbonyl (C=O) groups excluding carboxylic acids is 1. The molecule has 9 nitrogen and oxygen atoms in total. The first-order valence-electron chi connectivity index (χ1n) is 11.5. The van der Waals surface area contributed by atoms with Crippen LogP contribution in [0.4, 0.5) is 9.18 Å². The van der Waals surface area contributed by atoms with Crippen LogP contribution in [0, 0.1) is 11.7 Å². The number of aromatic nitrogens is 2. The molecule has 0 spiro atoms. The summed E-state index contributed by atoms with van der Waals surface area (Å²) < 4.78 is 52.2. The first-order valence-corrected chi connectivity index (χ1v) is 13.1. The van der Waals surface area contributed by atoms with E-state index in [0.717, 1.165) is 25.7 Å². The Morgan fingerprint density at radius 3 is 2.64 bits per heavy atom. The van der Waals surface area contributed by atoms with Gasteiger partial charge in [0.15, 0.2) is 5.82 Å². The van der Waals surface area contributed by atoms with E-state index in [1.54, 1.807) is 18.7 Å². The summed E-state index contributed by atoms with van der Waals surface area (Å²) in [6.07, 6.45) is 5.91. The van der Waals surface area contributed by atoms with Gasteiger partial charge in [0.2, 0.25) is 10.0 Å².